The van der Waals surface area contributed by atoms with Crippen LogP contribution in [-0.4, -0.2) is 51.6 Å². The van der Waals surface area contributed by atoms with E-state index in [9.17, 15) is 18.0 Å². The molecule has 2 amide bonds. The van der Waals surface area contributed by atoms with Crippen LogP contribution in [0.3, 0.4) is 0 Å². The summed E-state index contributed by atoms with van der Waals surface area (Å²) in [5.74, 6) is -0.130. The summed E-state index contributed by atoms with van der Waals surface area (Å²) in [4.78, 5) is 22.8. The number of alkyl halides is 3. The Bertz CT molecular complexity index is 944. The monoisotopic (exact) mass is 459 g/mol. The van der Waals surface area contributed by atoms with Crippen molar-refractivity contribution in [3.05, 3.63) is 46.2 Å². The van der Waals surface area contributed by atoms with E-state index in [0.29, 0.717) is 30.2 Å². The molecule has 3 N–H and O–H groups in total. The molecule has 0 fully saturated rings. The van der Waals surface area contributed by atoms with Gasteiger partial charge in [-0.05, 0) is 36.6 Å². The summed E-state index contributed by atoms with van der Waals surface area (Å²) < 4.78 is 40.8. The second-order valence-electron chi connectivity index (χ2n) is 7.04. The molecule has 1 aliphatic heterocycles. The van der Waals surface area contributed by atoms with E-state index in [1.165, 1.54) is 12.1 Å². The van der Waals surface area contributed by atoms with Crippen LogP contribution in [0.15, 0.2) is 24.4 Å². The Balaban J connectivity index is 1.58. The molecule has 0 bridgehead atoms. The van der Waals surface area contributed by atoms with E-state index >= 15 is 0 Å². The fourth-order valence-corrected chi connectivity index (χ4v) is 3.20. The lowest BCUT2D eigenvalue weighted by Gasteiger charge is -2.28. The molecule has 0 saturated carbocycles. The van der Waals surface area contributed by atoms with Crippen LogP contribution in [0.1, 0.15) is 23.7 Å². The molecule has 0 saturated heterocycles. The number of fused-ring (bicyclic) bond motifs is 1. The molecular formula is C19H21ClF3N5O3. The van der Waals surface area contributed by atoms with E-state index in [1.54, 1.807) is 18.0 Å². The lowest BCUT2D eigenvalue weighted by molar-refractivity contribution is -0.274. The van der Waals surface area contributed by atoms with Gasteiger partial charge in [-0.3, -0.25) is 0 Å². The van der Waals surface area contributed by atoms with Crippen molar-refractivity contribution in [3.8, 4) is 5.75 Å². The predicted octanol–water partition coefficient (Wildman–Crippen LogP) is 3.09. The molecule has 0 unspecified atom stereocenters. The van der Waals surface area contributed by atoms with Crippen LogP contribution in [0.25, 0.3) is 0 Å². The number of urea groups is 1. The number of aliphatic hydroxyl groups excluding tert-OH is 1. The van der Waals surface area contributed by atoms with Crippen molar-refractivity contribution in [1.82, 2.24) is 20.2 Å². The van der Waals surface area contributed by atoms with Crippen LogP contribution < -0.4 is 15.4 Å². The Kier molecular flexibility index (Phi) is 7.06. The highest BCUT2D eigenvalue weighted by Gasteiger charge is 2.32. The number of benzene rings is 1. The Hall–Kier alpha value is -2.79. The van der Waals surface area contributed by atoms with Gasteiger partial charge < -0.3 is 25.4 Å². The Morgan fingerprint density at radius 3 is 2.87 bits per heavy atom. The lowest BCUT2D eigenvalue weighted by atomic mass is 10.1. The van der Waals surface area contributed by atoms with Crippen molar-refractivity contribution in [3.63, 3.8) is 0 Å². The minimum atomic E-state index is -4.83. The Labute approximate surface area is 181 Å². The van der Waals surface area contributed by atoms with Gasteiger partial charge in [-0.2, -0.15) is 0 Å². The van der Waals surface area contributed by atoms with Crippen molar-refractivity contribution in [2.45, 2.75) is 38.8 Å². The molecule has 0 radical (unpaired) electrons. The maximum absolute atomic E-state index is 12.5. The van der Waals surface area contributed by atoms with Gasteiger partial charge in [-0.25, -0.2) is 14.8 Å². The lowest BCUT2D eigenvalue weighted by Crippen LogP contribution is -2.42. The highest BCUT2D eigenvalue weighted by atomic mass is 35.5. The number of hydrogen-bond donors (Lipinski definition) is 3. The molecule has 1 aromatic heterocycles. The number of aromatic nitrogens is 2. The number of hydrogen-bond acceptors (Lipinski definition) is 6. The van der Waals surface area contributed by atoms with Crippen molar-refractivity contribution in [2.75, 3.05) is 18.5 Å². The van der Waals surface area contributed by atoms with Gasteiger partial charge in [-0.1, -0.05) is 17.7 Å². The van der Waals surface area contributed by atoms with Gasteiger partial charge in [-0.15, -0.1) is 13.2 Å². The molecule has 2 aromatic rings. The van der Waals surface area contributed by atoms with Gasteiger partial charge in [0.1, 0.15) is 5.75 Å². The number of ether oxygens (including phenoxy) is 1. The van der Waals surface area contributed by atoms with E-state index in [-0.39, 0.29) is 36.8 Å². The minimum Gasteiger partial charge on any atom is -0.404 e. The summed E-state index contributed by atoms with van der Waals surface area (Å²) in [7, 11) is 0. The van der Waals surface area contributed by atoms with Gasteiger partial charge in [0.25, 0.3) is 0 Å². The number of amides is 2. The number of halogens is 4. The first kappa shape index (κ1) is 22.9. The molecule has 1 aliphatic rings. The van der Waals surface area contributed by atoms with Crippen LogP contribution in [0.2, 0.25) is 5.02 Å². The molecule has 1 atom stereocenters. The zero-order valence-electron chi connectivity index (χ0n) is 16.5. The average molecular weight is 460 g/mol. The van der Waals surface area contributed by atoms with Crippen LogP contribution in [-0.2, 0) is 19.5 Å². The number of carbonyl (C=O) groups is 1. The van der Waals surface area contributed by atoms with Gasteiger partial charge in [0, 0.05) is 25.3 Å². The van der Waals surface area contributed by atoms with Crippen LogP contribution in [0.4, 0.5) is 23.9 Å². The number of carbonyl (C=O) groups excluding carboxylic acids is 1. The third-order valence-corrected chi connectivity index (χ3v) is 4.84. The highest BCUT2D eigenvalue weighted by Crippen LogP contribution is 2.30. The molecule has 31 heavy (non-hydrogen) atoms. The van der Waals surface area contributed by atoms with E-state index in [4.69, 9.17) is 16.7 Å². The molecule has 1 aromatic carbocycles. The highest BCUT2D eigenvalue weighted by molar-refractivity contribution is 6.32. The second-order valence-corrected chi connectivity index (χ2v) is 7.44. The predicted molar refractivity (Wildman–Crippen MR) is 107 cm³/mol. The van der Waals surface area contributed by atoms with E-state index in [1.807, 2.05) is 0 Å². The third-order valence-electron chi connectivity index (χ3n) is 4.55. The number of anilines is 1. The van der Waals surface area contributed by atoms with Gasteiger partial charge in [0.05, 0.1) is 23.9 Å². The molecule has 3 rings (SSSR count). The van der Waals surface area contributed by atoms with Crippen molar-refractivity contribution in [2.24, 2.45) is 0 Å². The minimum absolute atomic E-state index is 0.0672. The molecular weight excluding hydrogens is 439 g/mol. The molecule has 0 spiro atoms. The summed E-state index contributed by atoms with van der Waals surface area (Å²) in [5, 5.41) is 14.6. The second kappa shape index (κ2) is 9.56. The van der Waals surface area contributed by atoms with Crippen LogP contribution in [0, 0.1) is 0 Å². The molecule has 12 heteroatoms. The molecule has 168 valence electrons. The van der Waals surface area contributed by atoms with Crippen molar-refractivity contribution >= 4 is 23.6 Å². The first-order valence-electron chi connectivity index (χ1n) is 9.43. The summed E-state index contributed by atoms with van der Waals surface area (Å²) in [6.45, 7) is 2.56. The molecule has 0 aliphatic carbocycles. The summed E-state index contributed by atoms with van der Waals surface area (Å²) in [6.07, 6.45) is -2.54. The van der Waals surface area contributed by atoms with E-state index in [0.717, 1.165) is 11.6 Å². The first-order chi connectivity index (χ1) is 14.6. The topological polar surface area (TPSA) is 99.6 Å². The Morgan fingerprint density at radius 1 is 1.42 bits per heavy atom. The Morgan fingerprint density at radius 2 is 2.19 bits per heavy atom. The molecule has 2 heterocycles. The van der Waals surface area contributed by atoms with Crippen molar-refractivity contribution in [1.29, 1.82) is 0 Å². The van der Waals surface area contributed by atoms with E-state index in [2.05, 4.69) is 25.3 Å². The van der Waals surface area contributed by atoms with Gasteiger partial charge in [0.15, 0.2) is 0 Å². The number of nitrogens with one attached hydrogen (secondary N) is 2. The molecule has 8 nitrogen and oxygen atoms in total. The van der Waals surface area contributed by atoms with Crippen LogP contribution in [0.5, 0.6) is 5.75 Å². The standard InChI is InChI=1S/C19H21ClF3N5O3/c1-11(10-29)26-17-24-8-13-4-5-28(9-15(13)27-17)18(30)25-7-12-2-3-16(14(20)6-12)31-19(21,22)23/h2-3,6,8,11,29H,4-5,7,9-10H2,1H3,(H,25,30)(H,24,26,27)/t11-/m0/s1. The number of aliphatic hydroxyl groups is 1. The van der Waals surface area contributed by atoms with Gasteiger partial charge >= 0.3 is 12.4 Å². The summed E-state index contributed by atoms with van der Waals surface area (Å²) in [6, 6.07) is 3.26. The number of nitrogens with zero attached hydrogens (tertiary/aromatic N) is 3. The quantitative estimate of drug-likeness (QED) is 0.614. The first-order valence-corrected chi connectivity index (χ1v) is 9.81. The van der Waals surface area contributed by atoms with Crippen LogP contribution >= 0.6 is 11.6 Å². The fourth-order valence-electron chi connectivity index (χ4n) is 2.96. The maximum Gasteiger partial charge on any atom is 0.573 e. The zero-order chi connectivity index (χ0) is 22.6. The van der Waals surface area contributed by atoms with Gasteiger partial charge in [0.2, 0.25) is 5.95 Å². The van der Waals surface area contributed by atoms with Crippen molar-refractivity contribution < 1.29 is 27.8 Å². The van der Waals surface area contributed by atoms with E-state index < -0.39 is 12.1 Å². The average Bonchev–Trinajstić information content (AvgIpc) is 2.72. The zero-order valence-corrected chi connectivity index (χ0v) is 17.3. The smallest absolute Gasteiger partial charge is 0.404 e. The summed E-state index contributed by atoms with van der Waals surface area (Å²) >= 11 is 5.83. The largest absolute Gasteiger partial charge is 0.573 e. The SMILES string of the molecule is C[C@@H](CO)Nc1ncc2c(n1)CN(C(=O)NCc1ccc(OC(F)(F)F)c(Cl)c1)CC2. The normalized spacial score (nSPS) is 14.6. The summed E-state index contributed by atoms with van der Waals surface area (Å²) in [5.41, 5.74) is 2.18. The fraction of sp³-hybridized carbons (Fsp3) is 0.421. The third kappa shape index (κ3) is 6.34. The number of rotatable bonds is 6. The maximum atomic E-state index is 12.5.